The summed E-state index contributed by atoms with van der Waals surface area (Å²) in [5.74, 6) is -0.708. The van der Waals surface area contributed by atoms with Crippen molar-refractivity contribution in [1.29, 1.82) is 0 Å². The zero-order chi connectivity index (χ0) is 14.7. The molecule has 0 saturated heterocycles. The quantitative estimate of drug-likeness (QED) is 0.899. The van der Waals surface area contributed by atoms with Gasteiger partial charge in [-0.15, -0.1) is 0 Å². The fourth-order valence-electron chi connectivity index (χ4n) is 1.73. The van der Waals surface area contributed by atoms with Crippen LogP contribution in [0.5, 0.6) is 5.75 Å². The van der Waals surface area contributed by atoms with Crippen LogP contribution in [-0.2, 0) is 6.61 Å². The minimum atomic E-state index is -1.02. The Bertz CT molecular complexity index is 654. The number of benzene rings is 2. The maximum Gasteiger partial charge on any atom is 0.339 e. The molecule has 0 aliphatic rings. The van der Waals surface area contributed by atoms with E-state index in [1.807, 2.05) is 6.92 Å². The largest absolute Gasteiger partial charge is 0.488 e. The first-order valence-electron chi connectivity index (χ1n) is 5.88. The molecule has 0 aliphatic heterocycles. The Kier molecular flexibility index (Phi) is 4.53. The van der Waals surface area contributed by atoms with Gasteiger partial charge in [0.1, 0.15) is 17.9 Å². The fourth-order valence-corrected chi connectivity index (χ4v) is 2.19. The number of carboxylic acids is 1. The number of ether oxygens (including phenoxy) is 1. The Morgan fingerprint density at radius 1 is 1.20 bits per heavy atom. The van der Waals surface area contributed by atoms with Crippen LogP contribution in [0.3, 0.4) is 0 Å². The lowest BCUT2D eigenvalue weighted by molar-refractivity contribution is 0.0691. The number of carboxylic acid groups (broad SMARTS) is 1. The van der Waals surface area contributed by atoms with Crippen LogP contribution < -0.4 is 4.74 Å². The van der Waals surface area contributed by atoms with Crippen LogP contribution in [0.15, 0.2) is 36.4 Å². The van der Waals surface area contributed by atoms with E-state index < -0.39 is 5.97 Å². The van der Waals surface area contributed by atoms with Crippen molar-refractivity contribution in [2.24, 2.45) is 0 Å². The van der Waals surface area contributed by atoms with Crippen molar-refractivity contribution in [2.75, 3.05) is 0 Å². The monoisotopic (exact) mass is 310 g/mol. The molecule has 0 fully saturated rings. The summed E-state index contributed by atoms with van der Waals surface area (Å²) < 4.78 is 5.55. The van der Waals surface area contributed by atoms with E-state index in [1.165, 1.54) is 0 Å². The molecule has 5 heteroatoms. The number of aryl methyl sites for hydroxylation is 1. The van der Waals surface area contributed by atoms with Gasteiger partial charge >= 0.3 is 5.97 Å². The van der Waals surface area contributed by atoms with E-state index in [0.717, 1.165) is 11.1 Å². The molecule has 0 spiro atoms. The zero-order valence-corrected chi connectivity index (χ0v) is 12.2. The summed E-state index contributed by atoms with van der Waals surface area (Å²) in [5.41, 5.74) is 1.74. The Morgan fingerprint density at radius 2 is 1.95 bits per heavy atom. The van der Waals surface area contributed by atoms with Crippen molar-refractivity contribution < 1.29 is 14.6 Å². The molecular weight excluding hydrogens is 299 g/mol. The summed E-state index contributed by atoms with van der Waals surface area (Å²) in [5, 5.41) is 10.2. The van der Waals surface area contributed by atoms with E-state index in [1.54, 1.807) is 36.4 Å². The van der Waals surface area contributed by atoms with Crippen molar-refractivity contribution in [2.45, 2.75) is 13.5 Å². The van der Waals surface area contributed by atoms with Crippen LogP contribution in [0, 0.1) is 6.92 Å². The number of hydrogen-bond acceptors (Lipinski definition) is 2. The molecule has 0 aliphatic carbocycles. The number of aromatic carboxylic acids is 1. The van der Waals surface area contributed by atoms with Gasteiger partial charge < -0.3 is 9.84 Å². The van der Waals surface area contributed by atoms with Crippen LogP contribution in [0.25, 0.3) is 0 Å². The highest BCUT2D eigenvalue weighted by Gasteiger charge is 2.12. The highest BCUT2D eigenvalue weighted by atomic mass is 35.5. The Labute approximate surface area is 126 Å². The van der Waals surface area contributed by atoms with Crippen LogP contribution in [0.4, 0.5) is 0 Å². The van der Waals surface area contributed by atoms with Crippen molar-refractivity contribution in [3.05, 3.63) is 63.1 Å². The Morgan fingerprint density at radius 3 is 2.60 bits per heavy atom. The van der Waals surface area contributed by atoms with E-state index in [2.05, 4.69) is 0 Å². The van der Waals surface area contributed by atoms with Gasteiger partial charge in [-0.3, -0.25) is 0 Å². The molecule has 2 aromatic carbocycles. The predicted octanol–water partition coefficient (Wildman–Crippen LogP) is 4.58. The summed E-state index contributed by atoms with van der Waals surface area (Å²) in [7, 11) is 0. The molecule has 0 atom stereocenters. The summed E-state index contributed by atoms with van der Waals surface area (Å²) in [4.78, 5) is 11.2. The van der Waals surface area contributed by atoms with Crippen LogP contribution in [0.2, 0.25) is 10.0 Å². The number of hydrogen-bond donors (Lipinski definition) is 1. The lowest BCUT2D eigenvalue weighted by atomic mass is 10.1. The van der Waals surface area contributed by atoms with Gasteiger partial charge in [0.2, 0.25) is 0 Å². The van der Waals surface area contributed by atoms with E-state index >= 15 is 0 Å². The van der Waals surface area contributed by atoms with Gasteiger partial charge in [0.05, 0.1) is 0 Å². The van der Waals surface area contributed by atoms with Gasteiger partial charge in [-0.1, -0.05) is 40.9 Å². The predicted molar refractivity (Wildman–Crippen MR) is 78.9 cm³/mol. The van der Waals surface area contributed by atoms with Gasteiger partial charge in [0.15, 0.2) is 0 Å². The molecule has 0 bridgehead atoms. The average molecular weight is 311 g/mol. The van der Waals surface area contributed by atoms with Gasteiger partial charge in [0.25, 0.3) is 0 Å². The molecule has 0 aromatic heterocycles. The number of halogens is 2. The SMILES string of the molecule is Cc1ccc(OCc2ccc(Cl)cc2Cl)c(C(=O)O)c1. The lowest BCUT2D eigenvalue weighted by Crippen LogP contribution is -2.04. The summed E-state index contributed by atoms with van der Waals surface area (Å²) in [6.45, 7) is 2.01. The van der Waals surface area contributed by atoms with E-state index in [-0.39, 0.29) is 12.2 Å². The summed E-state index contributed by atoms with van der Waals surface area (Å²) in [6, 6.07) is 10.1. The molecule has 20 heavy (non-hydrogen) atoms. The normalized spacial score (nSPS) is 10.3. The minimum absolute atomic E-state index is 0.134. The van der Waals surface area contributed by atoms with E-state index in [9.17, 15) is 4.79 Å². The first kappa shape index (κ1) is 14.7. The first-order chi connectivity index (χ1) is 9.47. The molecule has 2 aromatic rings. The summed E-state index contributed by atoms with van der Waals surface area (Å²) in [6.07, 6.45) is 0. The fraction of sp³-hybridized carbons (Fsp3) is 0.133. The molecular formula is C15H12Cl2O3. The molecule has 104 valence electrons. The second-order valence-corrected chi connectivity index (χ2v) is 5.17. The zero-order valence-electron chi connectivity index (χ0n) is 10.7. The van der Waals surface area contributed by atoms with Gasteiger partial charge in [-0.05, 0) is 31.2 Å². The Balaban J connectivity index is 2.20. The van der Waals surface area contributed by atoms with E-state index in [4.69, 9.17) is 33.0 Å². The molecule has 2 rings (SSSR count). The van der Waals surface area contributed by atoms with Crippen LogP contribution in [0.1, 0.15) is 21.5 Å². The molecule has 0 saturated carbocycles. The smallest absolute Gasteiger partial charge is 0.339 e. The average Bonchev–Trinajstić information content (AvgIpc) is 2.38. The number of carbonyl (C=O) groups is 1. The molecule has 0 amide bonds. The third-order valence-corrected chi connectivity index (χ3v) is 3.35. The standard InChI is InChI=1S/C15H12Cl2O3/c1-9-2-5-14(12(6-9)15(18)19)20-8-10-3-4-11(16)7-13(10)17/h2-7H,8H2,1H3,(H,18,19). The highest BCUT2D eigenvalue weighted by Crippen LogP contribution is 2.25. The molecule has 0 heterocycles. The van der Waals surface area contributed by atoms with Crippen molar-refractivity contribution >= 4 is 29.2 Å². The van der Waals surface area contributed by atoms with Crippen molar-refractivity contribution in [1.82, 2.24) is 0 Å². The van der Waals surface area contributed by atoms with Crippen LogP contribution in [-0.4, -0.2) is 11.1 Å². The van der Waals surface area contributed by atoms with Crippen LogP contribution >= 0.6 is 23.2 Å². The molecule has 0 radical (unpaired) electrons. The van der Waals surface area contributed by atoms with Gasteiger partial charge in [-0.25, -0.2) is 4.79 Å². The summed E-state index contributed by atoms with van der Waals surface area (Å²) >= 11 is 11.9. The lowest BCUT2D eigenvalue weighted by Gasteiger charge is -2.11. The molecule has 0 unspecified atom stereocenters. The third kappa shape index (κ3) is 3.44. The maximum atomic E-state index is 11.2. The van der Waals surface area contributed by atoms with Gasteiger partial charge in [0, 0.05) is 15.6 Å². The van der Waals surface area contributed by atoms with E-state index in [0.29, 0.717) is 15.8 Å². The second kappa shape index (κ2) is 6.16. The number of rotatable bonds is 4. The van der Waals surface area contributed by atoms with Crippen molar-refractivity contribution in [3.8, 4) is 5.75 Å². The molecule has 1 N–H and O–H groups in total. The molecule has 3 nitrogen and oxygen atoms in total. The topological polar surface area (TPSA) is 46.5 Å². The highest BCUT2D eigenvalue weighted by molar-refractivity contribution is 6.35. The minimum Gasteiger partial charge on any atom is -0.488 e. The second-order valence-electron chi connectivity index (χ2n) is 4.33. The van der Waals surface area contributed by atoms with Gasteiger partial charge in [-0.2, -0.15) is 0 Å². The maximum absolute atomic E-state index is 11.2. The first-order valence-corrected chi connectivity index (χ1v) is 6.63. The Hall–Kier alpha value is -1.71. The van der Waals surface area contributed by atoms with Crippen molar-refractivity contribution in [3.63, 3.8) is 0 Å². The third-order valence-electron chi connectivity index (χ3n) is 2.76.